The molecule has 0 saturated carbocycles. The maximum atomic E-state index is 14.0. The number of nitrogens with one attached hydrogen (secondary N) is 1. The molecule has 0 aliphatic rings. The highest BCUT2D eigenvalue weighted by molar-refractivity contribution is 7.93. The Morgan fingerprint density at radius 3 is 2.39 bits per heavy atom. The lowest BCUT2D eigenvalue weighted by atomic mass is 10.0. The van der Waals surface area contributed by atoms with Crippen molar-refractivity contribution >= 4 is 26.6 Å². The summed E-state index contributed by atoms with van der Waals surface area (Å²) in [5, 5.41) is 5.25. The number of ether oxygens (including phenoxy) is 1. The molecule has 5 rings (SSSR count). The van der Waals surface area contributed by atoms with Crippen LogP contribution in [-0.2, 0) is 30.1 Å². The first-order valence-electron chi connectivity index (χ1n) is 12.5. The van der Waals surface area contributed by atoms with Gasteiger partial charge in [-0.1, -0.05) is 67.6 Å². The van der Waals surface area contributed by atoms with Crippen LogP contribution in [0.1, 0.15) is 29.6 Å². The van der Waals surface area contributed by atoms with Gasteiger partial charge in [0.2, 0.25) is 0 Å². The molecule has 3 aromatic carbocycles. The molecule has 0 aliphatic carbocycles. The topological polar surface area (TPSA) is 86.1 Å². The van der Waals surface area contributed by atoms with Crippen molar-refractivity contribution in [3.05, 3.63) is 102 Å². The molecule has 0 fully saturated rings. The second kappa shape index (κ2) is 10.3. The summed E-state index contributed by atoms with van der Waals surface area (Å²) in [6.07, 6.45) is 0.762. The lowest BCUT2D eigenvalue weighted by Crippen LogP contribution is -2.18. The molecule has 8 heteroatoms. The summed E-state index contributed by atoms with van der Waals surface area (Å²) in [5.74, 6) is 0.674. The van der Waals surface area contributed by atoms with Crippen LogP contribution in [0, 0.1) is 13.8 Å². The summed E-state index contributed by atoms with van der Waals surface area (Å²) >= 11 is 0. The van der Waals surface area contributed by atoms with Crippen molar-refractivity contribution in [3.63, 3.8) is 0 Å². The van der Waals surface area contributed by atoms with Gasteiger partial charge in [-0.25, -0.2) is 8.42 Å². The van der Waals surface area contributed by atoms with Crippen LogP contribution in [0.2, 0.25) is 0 Å². The van der Waals surface area contributed by atoms with Gasteiger partial charge in [0.25, 0.3) is 10.0 Å². The fourth-order valence-electron chi connectivity index (χ4n) is 4.62. The fourth-order valence-corrected chi connectivity index (χ4v) is 6.23. The molecule has 194 valence electrons. The Morgan fingerprint density at radius 1 is 0.947 bits per heavy atom. The van der Waals surface area contributed by atoms with E-state index in [4.69, 9.17) is 9.72 Å². The molecule has 0 aliphatic heterocycles. The van der Waals surface area contributed by atoms with Gasteiger partial charge in [0.05, 0.1) is 22.6 Å². The maximum Gasteiger partial charge on any atom is 0.263 e. The van der Waals surface area contributed by atoms with Gasteiger partial charge < -0.3 is 4.74 Å². The highest BCUT2D eigenvalue weighted by Gasteiger charge is 2.26. The number of pyridine rings is 1. The Kier molecular flexibility index (Phi) is 6.91. The number of hydrogen-bond donors (Lipinski definition) is 1. The zero-order valence-electron chi connectivity index (χ0n) is 21.9. The number of benzene rings is 3. The van der Waals surface area contributed by atoms with Crippen molar-refractivity contribution in [2.45, 2.75) is 38.7 Å². The molecule has 0 amide bonds. The summed E-state index contributed by atoms with van der Waals surface area (Å²) in [5.41, 5.74) is 5.54. The molecule has 2 heterocycles. The van der Waals surface area contributed by atoms with Crippen molar-refractivity contribution in [2.75, 3.05) is 4.72 Å². The van der Waals surface area contributed by atoms with Gasteiger partial charge in [0, 0.05) is 35.3 Å². The number of fused-ring (bicyclic) bond motifs is 1. The predicted octanol–water partition coefficient (Wildman–Crippen LogP) is 6.19. The average Bonchev–Trinajstić information content (AvgIpc) is 3.17. The molecule has 7 nitrogen and oxygen atoms in total. The highest BCUT2D eigenvalue weighted by Crippen LogP contribution is 2.34. The molecule has 38 heavy (non-hydrogen) atoms. The zero-order chi connectivity index (χ0) is 26.9. The molecule has 0 bridgehead atoms. The van der Waals surface area contributed by atoms with E-state index >= 15 is 0 Å². The second-order valence-corrected chi connectivity index (χ2v) is 10.8. The van der Waals surface area contributed by atoms with E-state index in [0.717, 1.165) is 34.3 Å². The highest BCUT2D eigenvalue weighted by atomic mass is 32.2. The van der Waals surface area contributed by atoms with E-state index in [2.05, 4.69) is 9.82 Å². The van der Waals surface area contributed by atoms with E-state index in [9.17, 15) is 8.42 Å². The second-order valence-electron chi connectivity index (χ2n) is 9.21. The monoisotopic (exact) mass is 526 g/mol. The van der Waals surface area contributed by atoms with Crippen LogP contribution in [0.5, 0.6) is 5.75 Å². The largest absolute Gasteiger partial charge is 0.488 e. The van der Waals surface area contributed by atoms with E-state index in [1.807, 2.05) is 86.6 Å². The quantitative estimate of drug-likeness (QED) is 0.260. The zero-order valence-corrected chi connectivity index (χ0v) is 22.7. The lowest BCUT2D eigenvalue weighted by Gasteiger charge is -2.18. The van der Waals surface area contributed by atoms with E-state index in [0.29, 0.717) is 28.3 Å². The van der Waals surface area contributed by atoms with Gasteiger partial charge in [-0.3, -0.25) is 14.4 Å². The Morgan fingerprint density at radius 2 is 1.68 bits per heavy atom. The number of nitrogens with zero attached hydrogens (tertiary/aromatic N) is 3. The molecule has 0 unspecified atom stereocenters. The van der Waals surface area contributed by atoms with Crippen LogP contribution < -0.4 is 9.46 Å². The number of rotatable bonds is 8. The number of sulfonamides is 1. The third-order valence-electron chi connectivity index (χ3n) is 6.67. The number of hydrogen-bond acceptors (Lipinski definition) is 5. The lowest BCUT2D eigenvalue weighted by molar-refractivity contribution is 0.306. The maximum absolute atomic E-state index is 14.0. The molecule has 0 spiro atoms. The Labute approximate surface area is 223 Å². The van der Waals surface area contributed by atoms with Crippen LogP contribution in [0.15, 0.2) is 83.8 Å². The molecular weight excluding hydrogens is 496 g/mol. The minimum absolute atomic E-state index is 0.0685. The van der Waals surface area contributed by atoms with Crippen molar-refractivity contribution in [2.24, 2.45) is 7.05 Å². The van der Waals surface area contributed by atoms with E-state index in [1.165, 1.54) is 0 Å². The average molecular weight is 527 g/mol. The first-order valence-corrected chi connectivity index (χ1v) is 14.0. The number of para-hydroxylation sites is 1. The van der Waals surface area contributed by atoms with Gasteiger partial charge in [-0.15, -0.1) is 0 Å². The summed E-state index contributed by atoms with van der Waals surface area (Å²) in [6.45, 7) is 5.74. The van der Waals surface area contributed by atoms with Gasteiger partial charge >= 0.3 is 0 Å². The molecule has 5 aromatic rings. The van der Waals surface area contributed by atoms with Crippen LogP contribution in [0.3, 0.4) is 0 Å². The van der Waals surface area contributed by atoms with Crippen LogP contribution >= 0.6 is 0 Å². The van der Waals surface area contributed by atoms with Crippen molar-refractivity contribution in [1.29, 1.82) is 0 Å². The minimum Gasteiger partial charge on any atom is -0.488 e. The number of aryl methyl sites for hydroxylation is 3. The van der Waals surface area contributed by atoms with E-state index in [-0.39, 0.29) is 11.5 Å². The first kappa shape index (κ1) is 25.5. The SMILES string of the molecule is CCc1cc(OCc2cccc(-c3ccccc3)c2S(=O)(=O)Nc2c(C)nn(C)c2C)c2ccccc2n1. The number of anilines is 1. The molecule has 1 N–H and O–H groups in total. The minimum atomic E-state index is -4.01. The smallest absolute Gasteiger partial charge is 0.263 e. The Hall–Kier alpha value is -4.17. The number of aromatic nitrogens is 3. The van der Waals surface area contributed by atoms with E-state index < -0.39 is 10.0 Å². The summed E-state index contributed by atoms with van der Waals surface area (Å²) < 4.78 is 38.9. The molecule has 0 radical (unpaired) electrons. The van der Waals surface area contributed by atoms with Gasteiger partial charge in [-0.05, 0) is 38.0 Å². The first-order chi connectivity index (χ1) is 18.3. The molecule has 2 aromatic heterocycles. The van der Waals surface area contributed by atoms with Gasteiger partial charge in [0.15, 0.2) is 0 Å². The normalized spacial score (nSPS) is 11.6. The third-order valence-corrected chi connectivity index (χ3v) is 8.16. The van der Waals surface area contributed by atoms with E-state index in [1.54, 1.807) is 24.7 Å². The van der Waals surface area contributed by atoms with Crippen LogP contribution in [-0.4, -0.2) is 23.2 Å². The van der Waals surface area contributed by atoms with Crippen molar-refractivity contribution in [1.82, 2.24) is 14.8 Å². The molecular formula is C30H30N4O3S. The fraction of sp³-hybridized carbons (Fsp3) is 0.200. The predicted molar refractivity (Wildman–Crippen MR) is 151 cm³/mol. The van der Waals surface area contributed by atoms with Gasteiger partial charge in [0.1, 0.15) is 17.3 Å². The van der Waals surface area contributed by atoms with Crippen molar-refractivity contribution in [3.8, 4) is 16.9 Å². The Balaban J connectivity index is 1.61. The van der Waals surface area contributed by atoms with Crippen molar-refractivity contribution < 1.29 is 13.2 Å². The summed E-state index contributed by atoms with van der Waals surface area (Å²) in [4.78, 5) is 4.87. The summed E-state index contributed by atoms with van der Waals surface area (Å²) in [6, 6.07) is 24.7. The van der Waals surface area contributed by atoms with Crippen LogP contribution in [0.4, 0.5) is 5.69 Å². The standard InChI is InChI=1S/C30H30N4O3S/c1-5-24-18-28(26-15-9-10-17-27(26)31-24)37-19-23-14-11-16-25(22-12-7-6-8-13-22)30(23)38(35,36)33-29-20(2)32-34(4)21(29)3/h6-18,33H,5,19H2,1-4H3. The Bertz CT molecular complexity index is 1730. The van der Waals surface area contributed by atoms with Crippen LogP contribution in [0.25, 0.3) is 22.0 Å². The van der Waals surface area contributed by atoms with Gasteiger partial charge in [-0.2, -0.15) is 5.10 Å². The molecule has 0 saturated heterocycles. The molecule has 0 atom stereocenters. The third kappa shape index (κ3) is 4.87. The summed E-state index contributed by atoms with van der Waals surface area (Å²) in [7, 11) is -2.22.